The van der Waals surface area contributed by atoms with Gasteiger partial charge in [-0.1, -0.05) is 36.4 Å². The summed E-state index contributed by atoms with van der Waals surface area (Å²) < 4.78 is 0. The monoisotopic (exact) mass is 269 g/mol. The largest absolute Gasteiger partial charge is 0.481 e. The van der Waals surface area contributed by atoms with Crippen molar-refractivity contribution in [2.24, 2.45) is 5.73 Å². The number of aliphatic carboxylic acids is 1. The molecular formula is C17H19NO2. The van der Waals surface area contributed by atoms with Crippen molar-refractivity contribution in [1.82, 2.24) is 0 Å². The molecule has 0 aliphatic rings. The van der Waals surface area contributed by atoms with Crippen molar-refractivity contribution in [2.75, 3.05) is 0 Å². The number of nitrogens with two attached hydrogens (primary N) is 1. The number of carboxylic acid groups (broad SMARTS) is 1. The van der Waals surface area contributed by atoms with Gasteiger partial charge in [0.15, 0.2) is 0 Å². The first-order chi connectivity index (χ1) is 9.47. The van der Waals surface area contributed by atoms with E-state index in [1.165, 1.54) is 11.1 Å². The number of hydrogen-bond donors (Lipinski definition) is 2. The summed E-state index contributed by atoms with van der Waals surface area (Å²) in [7, 11) is 0. The van der Waals surface area contributed by atoms with Crippen LogP contribution in [0.3, 0.4) is 0 Å². The van der Waals surface area contributed by atoms with Gasteiger partial charge in [0.05, 0.1) is 6.42 Å². The fourth-order valence-corrected chi connectivity index (χ4v) is 2.18. The molecule has 0 fully saturated rings. The number of carbonyl (C=O) groups is 1. The lowest BCUT2D eigenvalue weighted by molar-refractivity contribution is -0.137. The van der Waals surface area contributed by atoms with Crippen molar-refractivity contribution in [2.45, 2.75) is 26.3 Å². The summed E-state index contributed by atoms with van der Waals surface area (Å²) in [6.07, 6.45) is -0.0591. The Bertz CT molecular complexity index is 635. The minimum absolute atomic E-state index is 0.0591. The standard InChI is InChI=1S/C17H19NO2/c1-11-6-7-14(8-12(11)2)13-4-3-5-15(9-13)16(18)10-17(19)20/h3-9,16H,10,18H2,1-2H3,(H,19,20)/t16-/m0/s1. The van der Waals surface area contributed by atoms with E-state index < -0.39 is 12.0 Å². The number of benzene rings is 2. The van der Waals surface area contributed by atoms with Crippen molar-refractivity contribution in [3.05, 3.63) is 59.2 Å². The molecule has 0 unspecified atom stereocenters. The Balaban J connectivity index is 2.33. The molecule has 0 saturated heterocycles. The summed E-state index contributed by atoms with van der Waals surface area (Å²) >= 11 is 0. The van der Waals surface area contributed by atoms with Gasteiger partial charge in [0, 0.05) is 6.04 Å². The highest BCUT2D eigenvalue weighted by Gasteiger charge is 2.11. The third-order valence-electron chi connectivity index (χ3n) is 3.55. The van der Waals surface area contributed by atoms with Crippen LogP contribution in [0, 0.1) is 13.8 Å². The summed E-state index contributed by atoms with van der Waals surface area (Å²) in [6.45, 7) is 4.16. The predicted molar refractivity (Wildman–Crippen MR) is 80.5 cm³/mol. The van der Waals surface area contributed by atoms with E-state index in [0.717, 1.165) is 16.7 Å². The zero-order valence-electron chi connectivity index (χ0n) is 11.8. The van der Waals surface area contributed by atoms with Crippen LogP contribution in [0.15, 0.2) is 42.5 Å². The molecule has 104 valence electrons. The molecule has 0 aliphatic heterocycles. The van der Waals surface area contributed by atoms with E-state index in [1.54, 1.807) is 0 Å². The van der Waals surface area contributed by atoms with Crippen LogP contribution in [0.4, 0.5) is 0 Å². The second-order valence-electron chi connectivity index (χ2n) is 5.13. The molecule has 0 aromatic heterocycles. The minimum Gasteiger partial charge on any atom is -0.481 e. The maximum atomic E-state index is 10.7. The Labute approximate surface area is 119 Å². The van der Waals surface area contributed by atoms with Crippen molar-refractivity contribution >= 4 is 5.97 Å². The van der Waals surface area contributed by atoms with Crippen molar-refractivity contribution in [3.8, 4) is 11.1 Å². The molecule has 0 radical (unpaired) electrons. The van der Waals surface area contributed by atoms with Gasteiger partial charge in [-0.25, -0.2) is 0 Å². The summed E-state index contributed by atoms with van der Waals surface area (Å²) in [5.41, 5.74) is 11.4. The Hall–Kier alpha value is -2.13. The van der Waals surface area contributed by atoms with Crippen LogP contribution in [0.2, 0.25) is 0 Å². The first-order valence-corrected chi connectivity index (χ1v) is 6.62. The maximum Gasteiger partial charge on any atom is 0.305 e. The Kier molecular flexibility index (Phi) is 4.20. The molecular weight excluding hydrogens is 250 g/mol. The molecule has 0 amide bonds. The van der Waals surface area contributed by atoms with Gasteiger partial charge in [0.2, 0.25) is 0 Å². The molecule has 2 rings (SSSR count). The Morgan fingerprint density at radius 3 is 2.45 bits per heavy atom. The molecule has 1 atom stereocenters. The summed E-state index contributed by atoms with van der Waals surface area (Å²) in [5.74, 6) is -0.880. The van der Waals surface area contributed by atoms with Crippen molar-refractivity contribution in [1.29, 1.82) is 0 Å². The highest BCUT2D eigenvalue weighted by Crippen LogP contribution is 2.25. The van der Waals surface area contributed by atoms with Crippen molar-refractivity contribution < 1.29 is 9.90 Å². The fourth-order valence-electron chi connectivity index (χ4n) is 2.18. The summed E-state index contributed by atoms with van der Waals surface area (Å²) in [4.78, 5) is 10.7. The van der Waals surface area contributed by atoms with Gasteiger partial charge in [-0.3, -0.25) is 4.79 Å². The van der Waals surface area contributed by atoms with Gasteiger partial charge in [-0.2, -0.15) is 0 Å². The maximum absolute atomic E-state index is 10.7. The molecule has 2 aromatic rings. The topological polar surface area (TPSA) is 63.3 Å². The molecule has 0 bridgehead atoms. The predicted octanol–water partition coefficient (Wildman–Crippen LogP) is 3.44. The van der Waals surface area contributed by atoms with Gasteiger partial charge >= 0.3 is 5.97 Å². The highest BCUT2D eigenvalue weighted by molar-refractivity contribution is 5.69. The van der Waals surface area contributed by atoms with Gasteiger partial charge in [0.25, 0.3) is 0 Å². The highest BCUT2D eigenvalue weighted by atomic mass is 16.4. The van der Waals surface area contributed by atoms with E-state index >= 15 is 0 Å². The van der Waals surface area contributed by atoms with E-state index in [-0.39, 0.29) is 6.42 Å². The van der Waals surface area contributed by atoms with E-state index in [4.69, 9.17) is 10.8 Å². The van der Waals surface area contributed by atoms with Gasteiger partial charge in [-0.05, 0) is 47.7 Å². The molecule has 3 N–H and O–H groups in total. The molecule has 0 saturated carbocycles. The van der Waals surface area contributed by atoms with Gasteiger partial charge < -0.3 is 10.8 Å². The van der Waals surface area contributed by atoms with E-state index in [9.17, 15) is 4.79 Å². The van der Waals surface area contributed by atoms with E-state index in [0.29, 0.717) is 0 Å². The number of hydrogen-bond acceptors (Lipinski definition) is 2. The van der Waals surface area contributed by atoms with Crippen LogP contribution >= 0.6 is 0 Å². The molecule has 20 heavy (non-hydrogen) atoms. The zero-order valence-corrected chi connectivity index (χ0v) is 11.8. The van der Waals surface area contributed by atoms with Gasteiger partial charge in [0.1, 0.15) is 0 Å². The SMILES string of the molecule is Cc1ccc(-c2cccc([C@@H](N)CC(=O)O)c2)cc1C. The molecule has 3 heteroatoms. The Morgan fingerprint density at radius 2 is 1.80 bits per heavy atom. The average molecular weight is 269 g/mol. The third-order valence-corrected chi connectivity index (χ3v) is 3.55. The molecule has 0 aliphatic carbocycles. The van der Waals surface area contributed by atoms with Crippen molar-refractivity contribution in [3.63, 3.8) is 0 Å². The zero-order chi connectivity index (χ0) is 14.7. The third kappa shape index (κ3) is 3.25. The second-order valence-corrected chi connectivity index (χ2v) is 5.13. The number of aryl methyl sites for hydroxylation is 2. The second kappa shape index (κ2) is 5.88. The first kappa shape index (κ1) is 14.3. The van der Waals surface area contributed by atoms with Crippen LogP contribution in [-0.2, 0) is 4.79 Å². The van der Waals surface area contributed by atoms with Crippen LogP contribution < -0.4 is 5.73 Å². The number of carboxylic acids is 1. The van der Waals surface area contributed by atoms with Crippen LogP contribution in [0.5, 0.6) is 0 Å². The molecule has 2 aromatic carbocycles. The van der Waals surface area contributed by atoms with Crippen LogP contribution in [-0.4, -0.2) is 11.1 Å². The summed E-state index contributed by atoms with van der Waals surface area (Å²) in [5, 5.41) is 8.82. The smallest absolute Gasteiger partial charge is 0.305 e. The first-order valence-electron chi connectivity index (χ1n) is 6.62. The minimum atomic E-state index is -0.880. The van der Waals surface area contributed by atoms with Gasteiger partial charge in [-0.15, -0.1) is 0 Å². The average Bonchev–Trinajstić information content (AvgIpc) is 2.41. The van der Waals surface area contributed by atoms with Crippen LogP contribution in [0.25, 0.3) is 11.1 Å². The molecule has 3 nitrogen and oxygen atoms in total. The molecule has 0 spiro atoms. The molecule has 0 heterocycles. The lowest BCUT2D eigenvalue weighted by atomic mass is 9.96. The lowest BCUT2D eigenvalue weighted by Gasteiger charge is -2.12. The Morgan fingerprint density at radius 1 is 1.10 bits per heavy atom. The quantitative estimate of drug-likeness (QED) is 0.893. The van der Waals surface area contributed by atoms with E-state index in [2.05, 4.69) is 32.0 Å². The fraction of sp³-hybridized carbons (Fsp3) is 0.235. The number of rotatable bonds is 4. The normalized spacial score (nSPS) is 12.2. The van der Waals surface area contributed by atoms with Crippen LogP contribution in [0.1, 0.15) is 29.2 Å². The van der Waals surface area contributed by atoms with E-state index in [1.807, 2.05) is 24.3 Å². The summed E-state index contributed by atoms with van der Waals surface area (Å²) in [6, 6.07) is 13.6. The lowest BCUT2D eigenvalue weighted by Crippen LogP contribution is -2.14.